The molecule has 17 heavy (non-hydrogen) atoms. The lowest BCUT2D eigenvalue weighted by Crippen LogP contribution is -1.97. The highest BCUT2D eigenvalue weighted by Gasteiger charge is 2.06. The maximum Gasteiger partial charge on any atom is 0.164 e. The van der Waals surface area contributed by atoms with Crippen LogP contribution in [0.2, 0.25) is 5.15 Å². The molecule has 0 aliphatic rings. The predicted octanol–water partition coefficient (Wildman–Crippen LogP) is 3.84. The van der Waals surface area contributed by atoms with Crippen molar-refractivity contribution in [1.29, 1.82) is 0 Å². The van der Waals surface area contributed by atoms with E-state index < -0.39 is 0 Å². The zero-order valence-corrected chi connectivity index (χ0v) is 11.0. The van der Waals surface area contributed by atoms with Gasteiger partial charge in [0.05, 0.1) is 11.9 Å². The highest BCUT2D eigenvalue weighted by atomic mass is 79.9. The fraction of sp³-hybridized carbons (Fsp3) is 0. The quantitative estimate of drug-likeness (QED) is 0.640. The molecular weight excluding hydrogens is 302 g/mol. The molecule has 0 saturated heterocycles. The molecule has 2 aromatic heterocycles. The Hall–Kier alpha value is -1.39. The van der Waals surface area contributed by atoms with Crippen molar-refractivity contribution in [1.82, 2.24) is 14.8 Å². The molecule has 3 rings (SSSR count). The molecule has 5 heteroatoms. The van der Waals surface area contributed by atoms with Crippen molar-refractivity contribution in [2.45, 2.75) is 0 Å². The van der Waals surface area contributed by atoms with Crippen LogP contribution in [0.25, 0.3) is 16.7 Å². The first kappa shape index (κ1) is 10.7. The normalized spacial score (nSPS) is 10.9. The van der Waals surface area contributed by atoms with Crippen molar-refractivity contribution < 1.29 is 0 Å². The summed E-state index contributed by atoms with van der Waals surface area (Å²) in [6.07, 6.45) is 1.78. The minimum atomic E-state index is 0.469. The molecule has 0 radical (unpaired) electrons. The predicted molar refractivity (Wildman–Crippen MR) is 71.6 cm³/mol. The van der Waals surface area contributed by atoms with Gasteiger partial charge in [0.1, 0.15) is 5.15 Å². The smallest absolute Gasteiger partial charge is 0.164 e. The number of nitrogens with zero attached hydrogens (tertiary/aromatic N) is 3. The summed E-state index contributed by atoms with van der Waals surface area (Å²) in [6, 6.07) is 11.5. The lowest BCUT2D eigenvalue weighted by atomic mass is 10.3. The van der Waals surface area contributed by atoms with Crippen molar-refractivity contribution in [3.8, 4) is 5.69 Å². The van der Waals surface area contributed by atoms with E-state index in [9.17, 15) is 0 Å². The second-order valence-corrected chi connectivity index (χ2v) is 4.88. The summed E-state index contributed by atoms with van der Waals surface area (Å²) in [5.74, 6) is 0. The van der Waals surface area contributed by atoms with E-state index in [0.29, 0.717) is 5.15 Å². The minimum Gasteiger partial charge on any atom is -0.216 e. The van der Waals surface area contributed by atoms with E-state index in [1.807, 2.05) is 30.3 Å². The standard InChI is InChI=1S/C12H7BrClN3/c13-9-2-4-10(5-3-9)17-12-8(7-15-17)1-6-11(14)16-12/h1-7H. The van der Waals surface area contributed by atoms with Crippen LogP contribution in [0.3, 0.4) is 0 Å². The lowest BCUT2D eigenvalue weighted by Gasteiger charge is -2.02. The molecule has 2 heterocycles. The first-order valence-electron chi connectivity index (χ1n) is 5.00. The van der Waals surface area contributed by atoms with Crippen LogP contribution in [0.5, 0.6) is 0 Å². The summed E-state index contributed by atoms with van der Waals surface area (Å²) in [6.45, 7) is 0. The molecule has 0 spiro atoms. The molecule has 0 bridgehead atoms. The number of halogens is 2. The van der Waals surface area contributed by atoms with Crippen LogP contribution in [0, 0.1) is 0 Å². The van der Waals surface area contributed by atoms with E-state index >= 15 is 0 Å². The Labute approximate surface area is 111 Å². The molecule has 1 aromatic carbocycles. The molecule has 0 saturated carbocycles. The van der Waals surface area contributed by atoms with Crippen LogP contribution in [-0.2, 0) is 0 Å². The zero-order chi connectivity index (χ0) is 11.8. The number of fused-ring (bicyclic) bond motifs is 1. The molecule has 0 N–H and O–H groups in total. The monoisotopic (exact) mass is 307 g/mol. The third-order valence-corrected chi connectivity index (χ3v) is 3.19. The van der Waals surface area contributed by atoms with Gasteiger partial charge in [0.2, 0.25) is 0 Å². The zero-order valence-electron chi connectivity index (χ0n) is 8.64. The molecule has 3 nitrogen and oxygen atoms in total. The number of pyridine rings is 1. The fourth-order valence-electron chi connectivity index (χ4n) is 1.65. The Morgan fingerprint density at radius 2 is 1.82 bits per heavy atom. The fourth-order valence-corrected chi connectivity index (χ4v) is 2.06. The van der Waals surface area contributed by atoms with Crippen molar-refractivity contribution >= 4 is 38.6 Å². The average molecular weight is 309 g/mol. The minimum absolute atomic E-state index is 0.469. The molecule has 0 atom stereocenters. The van der Waals surface area contributed by atoms with Gasteiger partial charge >= 0.3 is 0 Å². The number of benzene rings is 1. The Morgan fingerprint density at radius 1 is 1.06 bits per heavy atom. The van der Waals surface area contributed by atoms with Crippen LogP contribution >= 0.6 is 27.5 Å². The molecule has 0 fully saturated rings. The molecule has 3 aromatic rings. The first-order valence-corrected chi connectivity index (χ1v) is 6.17. The van der Waals surface area contributed by atoms with Gasteiger partial charge in [-0.05, 0) is 36.4 Å². The highest BCUT2D eigenvalue weighted by Crippen LogP contribution is 2.20. The molecule has 0 aliphatic heterocycles. The summed E-state index contributed by atoms with van der Waals surface area (Å²) in [5.41, 5.74) is 1.72. The topological polar surface area (TPSA) is 30.7 Å². The maximum atomic E-state index is 5.90. The van der Waals surface area contributed by atoms with E-state index in [2.05, 4.69) is 26.0 Å². The number of rotatable bonds is 1. The van der Waals surface area contributed by atoms with E-state index in [0.717, 1.165) is 21.2 Å². The number of aromatic nitrogens is 3. The lowest BCUT2D eigenvalue weighted by molar-refractivity contribution is 0.897. The number of hydrogen-bond acceptors (Lipinski definition) is 2. The molecule has 0 amide bonds. The Bertz CT molecular complexity index is 676. The Morgan fingerprint density at radius 3 is 2.59 bits per heavy atom. The summed E-state index contributed by atoms with van der Waals surface area (Å²) < 4.78 is 2.80. The second-order valence-electron chi connectivity index (χ2n) is 3.58. The van der Waals surface area contributed by atoms with Gasteiger partial charge < -0.3 is 0 Å². The van der Waals surface area contributed by atoms with Crippen LogP contribution in [0.4, 0.5) is 0 Å². The van der Waals surface area contributed by atoms with Gasteiger partial charge in [-0.1, -0.05) is 27.5 Å². The Balaban J connectivity index is 2.23. The maximum absolute atomic E-state index is 5.90. The van der Waals surface area contributed by atoms with Crippen molar-refractivity contribution in [3.05, 3.63) is 52.2 Å². The van der Waals surface area contributed by atoms with Gasteiger partial charge in [-0.15, -0.1) is 0 Å². The van der Waals surface area contributed by atoms with E-state index in [4.69, 9.17) is 11.6 Å². The van der Waals surface area contributed by atoms with E-state index in [1.54, 1.807) is 16.9 Å². The van der Waals surface area contributed by atoms with Gasteiger partial charge in [-0.25, -0.2) is 9.67 Å². The highest BCUT2D eigenvalue weighted by molar-refractivity contribution is 9.10. The third-order valence-electron chi connectivity index (χ3n) is 2.46. The van der Waals surface area contributed by atoms with E-state index in [-0.39, 0.29) is 0 Å². The van der Waals surface area contributed by atoms with Gasteiger partial charge in [0, 0.05) is 9.86 Å². The molecule has 0 aliphatic carbocycles. The summed E-state index contributed by atoms with van der Waals surface area (Å²) in [4.78, 5) is 4.29. The Kier molecular flexibility index (Phi) is 2.61. The van der Waals surface area contributed by atoms with Crippen LogP contribution in [-0.4, -0.2) is 14.8 Å². The van der Waals surface area contributed by atoms with Gasteiger partial charge in [0.15, 0.2) is 5.65 Å². The van der Waals surface area contributed by atoms with E-state index in [1.165, 1.54) is 0 Å². The summed E-state index contributed by atoms with van der Waals surface area (Å²) >= 11 is 9.30. The molecular formula is C12H7BrClN3. The first-order chi connectivity index (χ1) is 8.24. The van der Waals surface area contributed by atoms with Gasteiger partial charge in [-0.3, -0.25) is 0 Å². The largest absolute Gasteiger partial charge is 0.216 e. The van der Waals surface area contributed by atoms with Crippen LogP contribution < -0.4 is 0 Å². The second kappa shape index (κ2) is 4.13. The third kappa shape index (κ3) is 1.94. The van der Waals surface area contributed by atoms with Crippen molar-refractivity contribution in [2.75, 3.05) is 0 Å². The van der Waals surface area contributed by atoms with Crippen LogP contribution in [0.1, 0.15) is 0 Å². The van der Waals surface area contributed by atoms with Crippen molar-refractivity contribution in [3.63, 3.8) is 0 Å². The summed E-state index contributed by atoms with van der Waals surface area (Å²) in [7, 11) is 0. The van der Waals surface area contributed by atoms with Gasteiger partial charge in [-0.2, -0.15) is 5.10 Å². The van der Waals surface area contributed by atoms with Crippen molar-refractivity contribution in [2.24, 2.45) is 0 Å². The summed E-state index contributed by atoms with van der Waals surface area (Å²) in [5, 5.41) is 5.76. The molecule has 84 valence electrons. The average Bonchev–Trinajstić information content (AvgIpc) is 2.73. The van der Waals surface area contributed by atoms with Crippen LogP contribution in [0.15, 0.2) is 47.1 Å². The SMILES string of the molecule is Clc1ccc2cnn(-c3ccc(Br)cc3)c2n1. The number of hydrogen-bond donors (Lipinski definition) is 0. The molecule has 0 unspecified atom stereocenters. The van der Waals surface area contributed by atoms with Gasteiger partial charge in [0.25, 0.3) is 0 Å².